The average Bonchev–Trinajstić information content (AvgIpc) is 3.55. The normalized spacial score (nSPS) is 14.7. The molecule has 6 rings (SSSR count). The molecule has 0 aliphatic heterocycles. The van der Waals surface area contributed by atoms with Crippen LogP contribution in [0.1, 0.15) is 48.7 Å². The van der Waals surface area contributed by atoms with Crippen LogP contribution in [0, 0.1) is 0 Å². The van der Waals surface area contributed by atoms with Gasteiger partial charge in [-0.25, -0.2) is 29.6 Å². The topological polar surface area (TPSA) is 96.4 Å². The number of halogens is 3. The third kappa shape index (κ3) is 4.15. The number of benzene rings is 1. The van der Waals surface area contributed by atoms with Crippen LogP contribution in [0.4, 0.5) is 13.2 Å². The second kappa shape index (κ2) is 8.89. The highest BCUT2D eigenvalue weighted by atomic mass is 19.4. The molecular weight excluding hydrogens is 497 g/mol. The maximum atomic E-state index is 13.1. The molecule has 38 heavy (non-hydrogen) atoms. The lowest BCUT2D eigenvalue weighted by Gasteiger charge is -2.15. The van der Waals surface area contributed by atoms with Gasteiger partial charge in [-0.2, -0.15) is 18.3 Å². The highest BCUT2D eigenvalue weighted by Crippen LogP contribution is 2.45. The van der Waals surface area contributed by atoms with Gasteiger partial charge in [-0.15, -0.1) is 0 Å². The number of imidazole rings is 1. The summed E-state index contributed by atoms with van der Waals surface area (Å²) in [5.74, 6) is 1.48. The van der Waals surface area contributed by atoms with Gasteiger partial charge in [-0.3, -0.25) is 0 Å². The van der Waals surface area contributed by atoms with E-state index in [4.69, 9.17) is 9.72 Å². The number of alkyl halides is 3. The van der Waals surface area contributed by atoms with Crippen LogP contribution in [0.2, 0.25) is 0 Å². The largest absolute Gasteiger partial charge is 0.480 e. The number of methoxy groups -OCH3 is 1. The fourth-order valence-electron chi connectivity index (χ4n) is 4.58. The van der Waals surface area contributed by atoms with E-state index >= 15 is 0 Å². The molecule has 0 amide bonds. The minimum Gasteiger partial charge on any atom is -0.480 e. The van der Waals surface area contributed by atoms with E-state index < -0.39 is 11.9 Å². The number of hydrogen-bond acceptors (Lipinski definition) is 7. The van der Waals surface area contributed by atoms with Gasteiger partial charge in [-0.05, 0) is 25.3 Å². The molecule has 0 spiro atoms. The van der Waals surface area contributed by atoms with E-state index in [1.165, 1.54) is 10.9 Å². The van der Waals surface area contributed by atoms with Crippen LogP contribution in [0.25, 0.3) is 33.8 Å². The summed E-state index contributed by atoms with van der Waals surface area (Å²) in [5.41, 5.74) is 2.78. The summed E-state index contributed by atoms with van der Waals surface area (Å²) in [5, 5.41) is 5.33. The number of aromatic nitrogens is 8. The maximum Gasteiger partial charge on any atom is 0.434 e. The van der Waals surface area contributed by atoms with Gasteiger partial charge >= 0.3 is 6.18 Å². The Morgan fingerprint density at radius 2 is 1.79 bits per heavy atom. The lowest BCUT2D eigenvalue weighted by molar-refractivity contribution is -0.140. The molecule has 0 radical (unpaired) electrons. The van der Waals surface area contributed by atoms with Crippen molar-refractivity contribution in [3.8, 4) is 28.7 Å². The van der Waals surface area contributed by atoms with Crippen LogP contribution in [-0.2, 0) is 13.2 Å². The van der Waals surface area contributed by atoms with Crippen LogP contribution in [0.5, 0.6) is 5.88 Å². The smallest absolute Gasteiger partial charge is 0.434 e. The molecule has 1 aromatic carbocycles. The SMILES string of the molecule is COc1ncnc(C2CC2)c1-c1ncc2cnn([C@@H](C)c3ccc(-c4nc(C(F)(F)F)cn4C)cc3)c2n1. The number of ether oxygens (including phenoxy) is 1. The molecule has 0 N–H and O–H groups in total. The molecule has 1 atom stereocenters. The van der Waals surface area contributed by atoms with Crippen molar-refractivity contribution in [3.63, 3.8) is 0 Å². The van der Waals surface area contributed by atoms with E-state index in [9.17, 15) is 13.2 Å². The Balaban J connectivity index is 1.35. The third-order valence-electron chi connectivity index (χ3n) is 6.74. The van der Waals surface area contributed by atoms with Crippen molar-refractivity contribution in [1.82, 2.24) is 39.3 Å². The molecule has 1 aliphatic carbocycles. The fourth-order valence-corrected chi connectivity index (χ4v) is 4.58. The second-order valence-electron chi connectivity index (χ2n) is 9.34. The van der Waals surface area contributed by atoms with Gasteiger partial charge in [-0.1, -0.05) is 24.3 Å². The monoisotopic (exact) mass is 520 g/mol. The molecule has 4 heterocycles. The van der Waals surface area contributed by atoms with E-state index in [1.54, 1.807) is 43.4 Å². The number of aryl methyl sites for hydroxylation is 1. The predicted octanol–water partition coefficient (Wildman–Crippen LogP) is 5.20. The van der Waals surface area contributed by atoms with Gasteiger partial charge in [0.15, 0.2) is 17.2 Å². The first kappa shape index (κ1) is 24.0. The molecule has 9 nitrogen and oxygen atoms in total. The zero-order valence-electron chi connectivity index (χ0n) is 20.8. The van der Waals surface area contributed by atoms with Crippen molar-refractivity contribution in [1.29, 1.82) is 0 Å². The highest BCUT2D eigenvalue weighted by molar-refractivity contribution is 5.77. The molecule has 0 saturated heterocycles. The van der Waals surface area contributed by atoms with Gasteiger partial charge < -0.3 is 9.30 Å². The molecule has 5 aromatic rings. The lowest BCUT2D eigenvalue weighted by Crippen LogP contribution is -2.10. The average molecular weight is 521 g/mol. The third-order valence-corrected chi connectivity index (χ3v) is 6.74. The van der Waals surface area contributed by atoms with Crippen molar-refractivity contribution in [3.05, 3.63) is 66.1 Å². The van der Waals surface area contributed by atoms with Crippen LogP contribution >= 0.6 is 0 Å². The zero-order chi connectivity index (χ0) is 26.6. The first-order valence-corrected chi connectivity index (χ1v) is 12.0. The molecular formula is C26H23F3N8O. The first-order chi connectivity index (χ1) is 18.2. The molecule has 1 fully saturated rings. The van der Waals surface area contributed by atoms with E-state index in [2.05, 4.69) is 25.0 Å². The zero-order valence-corrected chi connectivity index (χ0v) is 20.8. The van der Waals surface area contributed by atoms with Gasteiger partial charge in [0.25, 0.3) is 0 Å². The fraction of sp³-hybridized carbons (Fsp3) is 0.308. The van der Waals surface area contributed by atoms with E-state index in [-0.39, 0.29) is 11.9 Å². The molecule has 0 bridgehead atoms. The summed E-state index contributed by atoms with van der Waals surface area (Å²) >= 11 is 0. The summed E-state index contributed by atoms with van der Waals surface area (Å²) in [6, 6.07) is 7.02. The standard InChI is InChI=1S/C26H23F3N8O/c1-14(15-4-8-17(9-5-15)23-34-19(12-36(23)2)26(27,28)29)37-24-18(11-33-37)10-30-22(35-24)20-21(16-6-7-16)31-13-32-25(20)38-3/h4-5,8-14,16H,6-7H2,1-3H3/t14-/m0/s1. The van der Waals surface area contributed by atoms with Crippen molar-refractivity contribution >= 4 is 11.0 Å². The Bertz CT molecular complexity index is 1640. The Labute approximate surface area is 215 Å². The molecule has 4 aromatic heterocycles. The van der Waals surface area contributed by atoms with Crippen molar-refractivity contribution in [2.45, 2.75) is 37.9 Å². The van der Waals surface area contributed by atoms with E-state index in [0.717, 1.165) is 35.7 Å². The minimum atomic E-state index is -4.50. The summed E-state index contributed by atoms with van der Waals surface area (Å²) in [6.07, 6.45) is 3.52. The van der Waals surface area contributed by atoms with Gasteiger partial charge in [0, 0.05) is 30.9 Å². The quantitative estimate of drug-likeness (QED) is 0.304. The van der Waals surface area contributed by atoms with Gasteiger partial charge in [0.1, 0.15) is 17.7 Å². The van der Waals surface area contributed by atoms with Crippen LogP contribution in [0.15, 0.2) is 49.2 Å². The van der Waals surface area contributed by atoms with E-state index in [1.807, 2.05) is 19.1 Å². The molecule has 1 aliphatic rings. The number of nitrogens with zero attached hydrogens (tertiary/aromatic N) is 8. The van der Waals surface area contributed by atoms with Crippen molar-refractivity contribution < 1.29 is 17.9 Å². The summed E-state index contributed by atoms with van der Waals surface area (Å²) in [4.78, 5) is 21.9. The Kier molecular flexibility index (Phi) is 5.62. The summed E-state index contributed by atoms with van der Waals surface area (Å²) in [6.45, 7) is 1.98. The molecule has 1 saturated carbocycles. The lowest BCUT2D eigenvalue weighted by atomic mass is 10.1. The van der Waals surface area contributed by atoms with Gasteiger partial charge in [0.2, 0.25) is 5.88 Å². The predicted molar refractivity (Wildman–Crippen MR) is 132 cm³/mol. The first-order valence-electron chi connectivity index (χ1n) is 12.0. The Morgan fingerprint density at radius 3 is 2.45 bits per heavy atom. The van der Waals surface area contributed by atoms with Crippen LogP contribution < -0.4 is 4.74 Å². The summed E-state index contributed by atoms with van der Waals surface area (Å²) < 4.78 is 47.9. The van der Waals surface area contributed by atoms with Crippen molar-refractivity contribution in [2.24, 2.45) is 7.05 Å². The Morgan fingerprint density at radius 1 is 1.03 bits per heavy atom. The number of rotatable bonds is 6. The number of hydrogen-bond donors (Lipinski definition) is 0. The summed E-state index contributed by atoms with van der Waals surface area (Å²) in [7, 11) is 3.11. The molecule has 0 unspecified atom stereocenters. The number of fused-ring (bicyclic) bond motifs is 1. The maximum absolute atomic E-state index is 13.1. The van der Waals surface area contributed by atoms with Gasteiger partial charge in [0.05, 0.1) is 30.4 Å². The highest BCUT2D eigenvalue weighted by Gasteiger charge is 2.35. The van der Waals surface area contributed by atoms with E-state index in [0.29, 0.717) is 34.4 Å². The minimum absolute atomic E-state index is 0.215. The molecule has 194 valence electrons. The van der Waals surface area contributed by atoms with Crippen molar-refractivity contribution in [2.75, 3.05) is 7.11 Å². The molecule has 12 heteroatoms. The van der Waals surface area contributed by atoms with Crippen LogP contribution in [-0.4, -0.2) is 46.4 Å². The Hall–Kier alpha value is -4.35. The second-order valence-corrected chi connectivity index (χ2v) is 9.34. The van der Waals surface area contributed by atoms with Crippen LogP contribution in [0.3, 0.4) is 0 Å².